The number of fused-ring (bicyclic) bond motifs is 1. The number of hydrogen-bond donors (Lipinski definition) is 8. The molecule has 1 aliphatic rings. The Morgan fingerprint density at radius 2 is 1.33 bits per heavy atom. The average Bonchev–Trinajstić information content (AvgIpc) is 2.75. The van der Waals surface area contributed by atoms with Crippen LogP contribution in [-0.2, 0) is 6.42 Å². The maximum atomic E-state index is 12.4. The number of rotatable bonds is 3. The third-order valence-corrected chi connectivity index (χ3v) is 5.11. The molecule has 0 fully saturated rings. The van der Waals surface area contributed by atoms with Gasteiger partial charge in [0.2, 0.25) is 0 Å². The van der Waals surface area contributed by atoms with Crippen molar-refractivity contribution < 1.29 is 55.1 Å². The van der Waals surface area contributed by atoms with Gasteiger partial charge in [-0.15, -0.1) is 0 Å². The van der Waals surface area contributed by atoms with Gasteiger partial charge < -0.3 is 50.3 Å². The molecule has 0 radical (unpaired) electrons. The number of carbonyl (C=O) groups excluding carboxylic acids is 1. The van der Waals surface area contributed by atoms with Gasteiger partial charge in [0.15, 0.2) is 40.6 Å². The second kappa shape index (κ2) is 7.88. The molecule has 1 aliphatic heterocycles. The molecule has 2 unspecified atom stereocenters. The number of carbonyl (C=O) groups is 1. The molecule has 11 heteroatoms. The molecule has 0 amide bonds. The molecule has 3 aromatic rings. The largest absolute Gasteiger partial charge is 0.507 e. The zero-order valence-electron chi connectivity index (χ0n) is 16.6. The summed E-state index contributed by atoms with van der Waals surface area (Å²) in [4.78, 5) is 12.4. The molecule has 4 rings (SSSR count). The third-order valence-electron chi connectivity index (χ3n) is 5.11. The van der Waals surface area contributed by atoms with Crippen molar-refractivity contribution in [3.05, 3.63) is 53.1 Å². The number of benzene rings is 3. The van der Waals surface area contributed by atoms with Gasteiger partial charge in [-0.2, -0.15) is 0 Å². The number of ether oxygens (including phenoxy) is 2. The van der Waals surface area contributed by atoms with Crippen molar-refractivity contribution in [3.63, 3.8) is 0 Å². The molecule has 0 spiro atoms. The van der Waals surface area contributed by atoms with Crippen molar-refractivity contribution >= 4 is 5.97 Å². The molecular formula is C22H18O11. The van der Waals surface area contributed by atoms with Crippen molar-refractivity contribution in [1.82, 2.24) is 0 Å². The van der Waals surface area contributed by atoms with Crippen LogP contribution < -0.4 is 9.47 Å². The van der Waals surface area contributed by atoms with Gasteiger partial charge in [0.1, 0.15) is 17.2 Å². The molecule has 1 heterocycles. The second-order valence-corrected chi connectivity index (χ2v) is 7.39. The van der Waals surface area contributed by atoms with Gasteiger partial charge in [-0.25, -0.2) is 4.79 Å². The molecule has 0 bridgehead atoms. The summed E-state index contributed by atoms with van der Waals surface area (Å²) < 4.78 is 10.9. The zero-order valence-corrected chi connectivity index (χ0v) is 16.6. The highest BCUT2D eigenvalue weighted by Gasteiger charge is 2.33. The number of aliphatic hydroxyl groups is 1. The Balaban J connectivity index is 1.63. The topological polar surface area (TPSA) is 197 Å². The van der Waals surface area contributed by atoms with Crippen LogP contribution in [0.5, 0.6) is 51.7 Å². The lowest BCUT2D eigenvalue weighted by molar-refractivity contribution is 0.0195. The van der Waals surface area contributed by atoms with E-state index in [0.717, 1.165) is 30.3 Å². The molecule has 33 heavy (non-hydrogen) atoms. The highest BCUT2D eigenvalue weighted by Crippen LogP contribution is 2.45. The van der Waals surface area contributed by atoms with Crippen molar-refractivity contribution in [2.24, 2.45) is 0 Å². The summed E-state index contributed by atoms with van der Waals surface area (Å²) in [5, 5.41) is 78.3. The minimum atomic E-state index is -1.19. The van der Waals surface area contributed by atoms with Gasteiger partial charge in [-0.3, -0.25) is 0 Å². The second-order valence-electron chi connectivity index (χ2n) is 7.39. The first-order valence-electron chi connectivity index (χ1n) is 9.47. The lowest BCUT2D eigenvalue weighted by Crippen LogP contribution is -2.30. The Hall–Kier alpha value is -4.51. The number of phenolic OH excluding ortho intramolecular Hbond substituents is 7. The van der Waals surface area contributed by atoms with Gasteiger partial charge >= 0.3 is 5.97 Å². The van der Waals surface area contributed by atoms with Crippen molar-refractivity contribution in [1.29, 1.82) is 0 Å². The van der Waals surface area contributed by atoms with E-state index in [1.807, 2.05) is 0 Å². The van der Waals surface area contributed by atoms with E-state index in [-0.39, 0.29) is 40.4 Å². The Labute approximate surface area is 185 Å². The van der Waals surface area contributed by atoms with Crippen LogP contribution in [-0.4, -0.2) is 52.9 Å². The van der Waals surface area contributed by atoms with E-state index >= 15 is 0 Å². The number of aliphatic hydroxyl groups excluding tert-OH is 1. The van der Waals surface area contributed by atoms with Gasteiger partial charge in [0.25, 0.3) is 0 Å². The highest BCUT2D eigenvalue weighted by molar-refractivity contribution is 5.92. The molecular weight excluding hydrogens is 440 g/mol. The Bertz CT molecular complexity index is 1220. The monoisotopic (exact) mass is 458 g/mol. The fraction of sp³-hybridized carbons (Fsp3) is 0.136. The summed E-state index contributed by atoms with van der Waals surface area (Å²) >= 11 is 0. The van der Waals surface area contributed by atoms with E-state index in [2.05, 4.69) is 0 Å². The first-order valence-corrected chi connectivity index (χ1v) is 9.47. The van der Waals surface area contributed by atoms with Crippen LogP contribution >= 0.6 is 0 Å². The summed E-state index contributed by atoms with van der Waals surface area (Å²) in [6, 6.07) is 6.31. The fourth-order valence-corrected chi connectivity index (χ4v) is 3.47. The third kappa shape index (κ3) is 3.92. The quantitative estimate of drug-likeness (QED) is 0.162. The van der Waals surface area contributed by atoms with Crippen LogP contribution in [0.4, 0.5) is 0 Å². The van der Waals surface area contributed by atoms with Crippen molar-refractivity contribution in [2.45, 2.75) is 18.6 Å². The van der Waals surface area contributed by atoms with E-state index in [1.54, 1.807) is 0 Å². The predicted octanol–water partition coefficient (Wildman–Crippen LogP) is 1.88. The van der Waals surface area contributed by atoms with Crippen LogP contribution in [0.25, 0.3) is 0 Å². The maximum Gasteiger partial charge on any atom is 0.343 e. The smallest absolute Gasteiger partial charge is 0.343 e. The van der Waals surface area contributed by atoms with Crippen molar-refractivity contribution in [3.8, 4) is 51.7 Å². The van der Waals surface area contributed by atoms with E-state index < -0.39 is 52.7 Å². The maximum absolute atomic E-state index is 12.4. The lowest BCUT2D eigenvalue weighted by Gasteiger charge is -2.31. The SMILES string of the molecule is O=C(Oc1cc(O)c2c(c1)OC(c1cc(O)c(O)c(O)c1)C(O)C2)c1cc(O)c(O)c(O)c1. The Kier molecular flexibility index (Phi) is 5.18. The van der Waals surface area contributed by atoms with Crippen LogP contribution in [0.1, 0.15) is 27.6 Å². The zero-order chi connectivity index (χ0) is 24.0. The summed E-state index contributed by atoms with van der Waals surface area (Å²) in [5.74, 6) is -5.78. The lowest BCUT2D eigenvalue weighted by atomic mass is 9.93. The van der Waals surface area contributed by atoms with Crippen LogP contribution in [0.3, 0.4) is 0 Å². The molecule has 3 aromatic carbocycles. The number of phenols is 7. The molecule has 0 saturated heterocycles. The Morgan fingerprint density at radius 1 is 0.788 bits per heavy atom. The fourth-order valence-electron chi connectivity index (χ4n) is 3.47. The average molecular weight is 458 g/mol. The standard InChI is InChI=1S/C22H18O11/c23-12-5-10(32-22(31)9-3-15(26)20(30)16(27)4-9)6-18-11(12)7-17(28)21(33-18)8-1-13(24)19(29)14(25)2-8/h1-6,17,21,23-30H,7H2. The first-order chi connectivity index (χ1) is 15.5. The minimum absolute atomic E-state index is 0.0385. The van der Waals surface area contributed by atoms with E-state index in [9.17, 15) is 45.6 Å². The Morgan fingerprint density at radius 3 is 1.91 bits per heavy atom. The number of aromatic hydroxyl groups is 7. The molecule has 2 atom stereocenters. The van der Waals surface area contributed by atoms with Crippen LogP contribution in [0, 0.1) is 0 Å². The molecule has 0 aliphatic carbocycles. The number of hydrogen-bond acceptors (Lipinski definition) is 11. The normalized spacial score (nSPS) is 17.1. The molecule has 172 valence electrons. The van der Waals surface area contributed by atoms with Gasteiger partial charge in [0, 0.05) is 29.7 Å². The molecule has 0 saturated carbocycles. The van der Waals surface area contributed by atoms with Gasteiger partial charge in [-0.1, -0.05) is 0 Å². The van der Waals surface area contributed by atoms with E-state index in [1.165, 1.54) is 6.07 Å². The van der Waals surface area contributed by atoms with Gasteiger partial charge in [-0.05, 0) is 24.3 Å². The van der Waals surface area contributed by atoms with E-state index in [4.69, 9.17) is 9.47 Å². The van der Waals surface area contributed by atoms with Crippen LogP contribution in [0.15, 0.2) is 36.4 Å². The summed E-state index contributed by atoms with van der Waals surface area (Å²) in [5.41, 5.74) is 0.0628. The highest BCUT2D eigenvalue weighted by atomic mass is 16.5. The minimum Gasteiger partial charge on any atom is -0.507 e. The van der Waals surface area contributed by atoms with Gasteiger partial charge in [0.05, 0.1) is 11.7 Å². The first kappa shape index (κ1) is 21.7. The van der Waals surface area contributed by atoms with Crippen molar-refractivity contribution in [2.75, 3.05) is 0 Å². The molecule has 0 aromatic heterocycles. The van der Waals surface area contributed by atoms with Crippen LogP contribution in [0.2, 0.25) is 0 Å². The summed E-state index contributed by atoms with van der Waals surface area (Å²) in [6.07, 6.45) is -2.38. The number of esters is 1. The molecule has 11 nitrogen and oxygen atoms in total. The summed E-state index contributed by atoms with van der Waals surface area (Å²) in [6.45, 7) is 0. The van der Waals surface area contributed by atoms with E-state index in [0.29, 0.717) is 0 Å². The summed E-state index contributed by atoms with van der Waals surface area (Å²) in [7, 11) is 0. The molecule has 8 N–H and O–H groups in total. The predicted molar refractivity (Wildman–Crippen MR) is 109 cm³/mol.